The van der Waals surface area contributed by atoms with Gasteiger partial charge in [0.1, 0.15) is 0 Å². The second kappa shape index (κ2) is 4.31. The summed E-state index contributed by atoms with van der Waals surface area (Å²) in [4.78, 5) is 2.44. The Bertz CT molecular complexity index is 221. The Balaban J connectivity index is 2.80. The summed E-state index contributed by atoms with van der Waals surface area (Å²) in [7, 11) is 1.23. The van der Waals surface area contributed by atoms with Gasteiger partial charge < -0.3 is 4.90 Å². The van der Waals surface area contributed by atoms with Gasteiger partial charge in [0.15, 0.2) is 0 Å². The van der Waals surface area contributed by atoms with E-state index in [2.05, 4.69) is 49.1 Å². The van der Waals surface area contributed by atoms with Gasteiger partial charge in [-0.25, -0.2) is 0 Å². The SMILES string of the molecule is CC(C)N(C[SiH3])c1ccccc1. The van der Waals surface area contributed by atoms with Crippen molar-refractivity contribution in [3.8, 4) is 0 Å². The molecule has 66 valence electrons. The average Bonchev–Trinajstić information content (AvgIpc) is 2.07. The Morgan fingerprint density at radius 2 is 1.83 bits per heavy atom. The smallest absolute Gasteiger partial charge is 0.0365 e. The van der Waals surface area contributed by atoms with E-state index in [-0.39, 0.29) is 0 Å². The van der Waals surface area contributed by atoms with Crippen molar-refractivity contribution in [3.63, 3.8) is 0 Å². The zero-order valence-corrected chi connectivity index (χ0v) is 10.1. The minimum atomic E-state index is 0.616. The maximum absolute atomic E-state index is 2.44. The topological polar surface area (TPSA) is 3.24 Å². The largest absolute Gasteiger partial charge is 0.373 e. The molecule has 0 N–H and O–H groups in total. The van der Waals surface area contributed by atoms with Gasteiger partial charge in [-0.05, 0) is 26.0 Å². The minimum absolute atomic E-state index is 0.616. The molecule has 2 heteroatoms. The van der Waals surface area contributed by atoms with Gasteiger partial charge in [0, 0.05) is 28.1 Å². The second-order valence-electron chi connectivity index (χ2n) is 3.22. The molecule has 12 heavy (non-hydrogen) atoms. The first-order valence-electron chi connectivity index (χ1n) is 4.57. The molecular formula is C10H17NSi. The van der Waals surface area contributed by atoms with Crippen LogP contribution in [0.3, 0.4) is 0 Å². The van der Waals surface area contributed by atoms with Crippen molar-refractivity contribution >= 4 is 15.9 Å². The Kier molecular flexibility index (Phi) is 3.35. The summed E-state index contributed by atoms with van der Waals surface area (Å²) >= 11 is 0. The summed E-state index contributed by atoms with van der Waals surface area (Å²) in [6.07, 6.45) is 1.21. The highest BCUT2D eigenvalue weighted by atomic mass is 28.1. The molecule has 0 aliphatic carbocycles. The number of hydrogen-bond acceptors (Lipinski definition) is 1. The van der Waals surface area contributed by atoms with Crippen molar-refractivity contribution in [3.05, 3.63) is 30.3 Å². The summed E-state index contributed by atoms with van der Waals surface area (Å²) in [6.45, 7) is 4.48. The highest BCUT2D eigenvalue weighted by Crippen LogP contribution is 2.14. The lowest BCUT2D eigenvalue weighted by Crippen LogP contribution is -2.31. The molecular weight excluding hydrogens is 162 g/mol. The third-order valence-electron chi connectivity index (χ3n) is 2.05. The molecule has 0 saturated carbocycles. The lowest BCUT2D eigenvalue weighted by molar-refractivity contribution is 0.740. The van der Waals surface area contributed by atoms with E-state index in [1.54, 1.807) is 0 Å². The van der Waals surface area contributed by atoms with Crippen molar-refractivity contribution in [1.82, 2.24) is 0 Å². The van der Waals surface area contributed by atoms with Gasteiger partial charge in [0.05, 0.1) is 0 Å². The number of hydrogen-bond donors (Lipinski definition) is 0. The Morgan fingerprint density at radius 1 is 1.25 bits per heavy atom. The van der Waals surface area contributed by atoms with Crippen molar-refractivity contribution in [2.24, 2.45) is 0 Å². The van der Waals surface area contributed by atoms with E-state index in [9.17, 15) is 0 Å². The third kappa shape index (κ3) is 2.11. The van der Waals surface area contributed by atoms with Crippen LogP contribution in [0.5, 0.6) is 0 Å². The summed E-state index contributed by atoms with van der Waals surface area (Å²) < 4.78 is 0. The maximum atomic E-state index is 2.44. The van der Waals surface area contributed by atoms with Crippen LogP contribution in [-0.2, 0) is 0 Å². The van der Waals surface area contributed by atoms with Crippen molar-refractivity contribution in [1.29, 1.82) is 0 Å². The van der Waals surface area contributed by atoms with Crippen LogP contribution in [-0.4, -0.2) is 22.5 Å². The van der Waals surface area contributed by atoms with Crippen molar-refractivity contribution in [2.45, 2.75) is 19.9 Å². The molecule has 0 amide bonds. The van der Waals surface area contributed by atoms with E-state index >= 15 is 0 Å². The lowest BCUT2D eigenvalue weighted by atomic mass is 10.2. The molecule has 0 heterocycles. The fraction of sp³-hybridized carbons (Fsp3) is 0.400. The predicted molar refractivity (Wildman–Crippen MR) is 58.9 cm³/mol. The molecule has 1 nitrogen and oxygen atoms in total. The highest BCUT2D eigenvalue weighted by Gasteiger charge is 2.05. The first-order chi connectivity index (χ1) is 5.75. The van der Waals surface area contributed by atoms with Gasteiger partial charge in [-0.1, -0.05) is 18.2 Å². The van der Waals surface area contributed by atoms with Crippen LogP contribution in [0.4, 0.5) is 5.69 Å². The predicted octanol–water partition coefficient (Wildman–Crippen LogP) is 1.22. The number of benzene rings is 1. The number of para-hydroxylation sites is 1. The molecule has 0 fully saturated rings. The molecule has 1 aromatic rings. The van der Waals surface area contributed by atoms with E-state index < -0.39 is 0 Å². The third-order valence-corrected chi connectivity index (χ3v) is 2.73. The fourth-order valence-corrected chi connectivity index (χ4v) is 2.56. The lowest BCUT2D eigenvalue weighted by Gasteiger charge is -2.27. The summed E-state index contributed by atoms with van der Waals surface area (Å²) in [6, 6.07) is 11.2. The molecule has 0 atom stereocenters. The van der Waals surface area contributed by atoms with Crippen molar-refractivity contribution < 1.29 is 0 Å². The van der Waals surface area contributed by atoms with Gasteiger partial charge in [-0.2, -0.15) is 0 Å². The molecule has 0 spiro atoms. The van der Waals surface area contributed by atoms with E-state index in [1.165, 1.54) is 22.1 Å². The number of rotatable bonds is 3. The molecule has 0 radical (unpaired) electrons. The van der Waals surface area contributed by atoms with Crippen LogP contribution < -0.4 is 4.90 Å². The minimum Gasteiger partial charge on any atom is -0.373 e. The van der Waals surface area contributed by atoms with E-state index in [0.717, 1.165) is 0 Å². The molecule has 0 aliphatic rings. The molecule has 0 unspecified atom stereocenters. The van der Waals surface area contributed by atoms with Crippen LogP contribution in [0.15, 0.2) is 30.3 Å². The van der Waals surface area contributed by atoms with E-state index in [4.69, 9.17) is 0 Å². The van der Waals surface area contributed by atoms with Crippen LogP contribution in [0.2, 0.25) is 0 Å². The Morgan fingerprint density at radius 3 is 2.25 bits per heavy atom. The fourth-order valence-electron chi connectivity index (χ4n) is 1.47. The summed E-state index contributed by atoms with van der Waals surface area (Å²) in [5.41, 5.74) is 1.35. The molecule has 1 aromatic carbocycles. The zero-order valence-electron chi connectivity index (χ0n) is 8.12. The zero-order chi connectivity index (χ0) is 8.97. The quantitative estimate of drug-likeness (QED) is 0.631. The van der Waals surface area contributed by atoms with Crippen LogP contribution >= 0.6 is 0 Å². The Hall–Kier alpha value is -0.763. The van der Waals surface area contributed by atoms with Gasteiger partial charge in [0.25, 0.3) is 0 Å². The van der Waals surface area contributed by atoms with E-state index in [0.29, 0.717) is 6.04 Å². The van der Waals surface area contributed by atoms with E-state index in [1.807, 2.05) is 0 Å². The normalized spacial score (nSPS) is 10.6. The molecule has 0 saturated heterocycles. The first kappa shape index (κ1) is 9.33. The average molecular weight is 179 g/mol. The Labute approximate surface area is 77.8 Å². The van der Waals surface area contributed by atoms with Crippen LogP contribution in [0.25, 0.3) is 0 Å². The monoisotopic (exact) mass is 179 g/mol. The molecule has 1 rings (SSSR count). The number of anilines is 1. The summed E-state index contributed by atoms with van der Waals surface area (Å²) in [5, 5.41) is 0. The van der Waals surface area contributed by atoms with Gasteiger partial charge >= 0.3 is 0 Å². The molecule has 0 aliphatic heterocycles. The highest BCUT2D eigenvalue weighted by molar-refractivity contribution is 6.10. The second-order valence-corrected chi connectivity index (χ2v) is 3.85. The van der Waals surface area contributed by atoms with Gasteiger partial charge in [-0.15, -0.1) is 0 Å². The standard InChI is InChI=1S/C10H17NSi/c1-9(2)11(8-12)10-6-4-3-5-7-10/h3-7,9H,8H2,1-2,12H3. The van der Waals surface area contributed by atoms with Gasteiger partial charge in [0.2, 0.25) is 0 Å². The first-order valence-corrected chi connectivity index (χ1v) is 5.98. The molecule has 0 aromatic heterocycles. The number of nitrogens with zero attached hydrogens (tertiary/aromatic N) is 1. The maximum Gasteiger partial charge on any atom is 0.0365 e. The molecule has 0 bridgehead atoms. The summed E-state index contributed by atoms with van der Waals surface area (Å²) in [5.74, 6) is 0. The van der Waals surface area contributed by atoms with Gasteiger partial charge in [-0.3, -0.25) is 0 Å². The van der Waals surface area contributed by atoms with Crippen molar-refractivity contribution in [2.75, 3.05) is 11.1 Å². The van der Waals surface area contributed by atoms with Crippen LogP contribution in [0.1, 0.15) is 13.8 Å². The van der Waals surface area contributed by atoms with Crippen LogP contribution in [0, 0.1) is 0 Å².